The number of benzene rings is 2. The molecule has 0 spiro atoms. The minimum absolute atomic E-state index is 0.200. The normalized spacial score (nSPS) is 10.9. The highest BCUT2D eigenvalue weighted by molar-refractivity contribution is 7.99. The zero-order valence-electron chi connectivity index (χ0n) is 12.5. The van der Waals surface area contributed by atoms with Gasteiger partial charge >= 0.3 is 0 Å². The van der Waals surface area contributed by atoms with Crippen molar-refractivity contribution in [2.75, 3.05) is 7.11 Å². The standard InChI is InChI=1S/C17H20FNOS/c1-12(2)19-11-13-7-6-8-14(18)17(13)21-16-10-5-4-9-15(16)20-3/h4-10,12,19H,11H2,1-3H3. The van der Waals surface area contributed by atoms with Crippen LogP contribution in [0.4, 0.5) is 4.39 Å². The predicted octanol–water partition coefficient (Wildman–Crippen LogP) is 4.48. The Morgan fingerprint density at radius 2 is 1.90 bits per heavy atom. The van der Waals surface area contributed by atoms with E-state index < -0.39 is 0 Å². The molecule has 2 aromatic carbocycles. The number of para-hydroxylation sites is 1. The molecule has 0 amide bonds. The van der Waals surface area contributed by atoms with Gasteiger partial charge in [0.05, 0.1) is 16.9 Å². The number of ether oxygens (including phenoxy) is 1. The van der Waals surface area contributed by atoms with Crippen LogP contribution in [0.15, 0.2) is 52.3 Å². The van der Waals surface area contributed by atoms with E-state index in [4.69, 9.17) is 4.74 Å². The molecule has 0 aromatic heterocycles. The summed E-state index contributed by atoms with van der Waals surface area (Å²) in [4.78, 5) is 1.56. The van der Waals surface area contributed by atoms with E-state index in [1.54, 1.807) is 13.2 Å². The van der Waals surface area contributed by atoms with Crippen molar-refractivity contribution in [3.05, 3.63) is 53.8 Å². The van der Waals surface area contributed by atoms with Gasteiger partial charge in [-0.3, -0.25) is 0 Å². The smallest absolute Gasteiger partial charge is 0.137 e. The van der Waals surface area contributed by atoms with Crippen LogP contribution in [0.25, 0.3) is 0 Å². The van der Waals surface area contributed by atoms with Crippen LogP contribution in [0.2, 0.25) is 0 Å². The largest absolute Gasteiger partial charge is 0.496 e. The third kappa shape index (κ3) is 4.22. The van der Waals surface area contributed by atoms with Crippen molar-refractivity contribution in [1.82, 2.24) is 5.32 Å². The molecule has 0 fully saturated rings. The maximum atomic E-state index is 14.2. The summed E-state index contributed by atoms with van der Waals surface area (Å²) in [5.41, 5.74) is 0.958. The Balaban J connectivity index is 2.30. The topological polar surface area (TPSA) is 21.3 Å². The molecule has 0 saturated heterocycles. The Labute approximate surface area is 129 Å². The number of hydrogen-bond acceptors (Lipinski definition) is 3. The van der Waals surface area contributed by atoms with E-state index in [2.05, 4.69) is 19.2 Å². The fourth-order valence-corrected chi connectivity index (χ4v) is 2.99. The van der Waals surface area contributed by atoms with Gasteiger partial charge in [0.1, 0.15) is 11.6 Å². The van der Waals surface area contributed by atoms with Crippen molar-refractivity contribution >= 4 is 11.8 Å². The van der Waals surface area contributed by atoms with E-state index in [0.29, 0.717) is 17.5 Å². The quantitative estimate of drug-likeness (QED) is 0.850. The summed E-state index contributed by atoms with van der Waals surface area (Å²) < 4.78 is 19.5. The summed E-state index contributed by atoms with van der Waals surface area (Å²) in [6.45, 7) is 4.80. The van der Waals surface area contributed by atoms with Gasteiger partial charge in [-0.05, 0) is 23.8 Å². The first-order valence-electron chi connectivity index (χ1n) is 6.93. The second-order valence-electron chi connectivity index (χ2n) is 5.02. The first-order chi connectivity index (χ1) is 10.1. The van der Waals surface area contributed by atoms with Crippen LogP contribution in [-0.4, -0.2) is 13.2 Å². The molecule has 0 atom stereocenters. The number of rotatable bonds is 6. The lowest BCUT2D eigenvalue weighted by atomic mass is 10.2. The van der Waals surface area contributed by atoms with Crippen LogP contribution in [0.1, 0.15) is 19.4 Å². The van der Waals surface area contributed by atoms with Gasteiger partial charge in [0.2, 0.25) is 0 Å². The monoisotopic (exact) mass is 305 g/mol. The van der Waals surface area contributed by atoms with E-state index in [1.807, 2.05) is 30.3 Å². The van der Waals surface area contributed by atoms with Gasteiger partial charge in [-0.25, -0.2) is 4.39 Å². The zero-order chi connectivity index (χ0) is 15.2. The number of methoxy groups -OCH3 is 1. The third-order valence-corrected chi connectivity index (χ3v) is 4.25. The Morgan fingerprint density at radius 3 is 2.62 bits per heavy atom. The lowest BCUT2D eigenvalue weighted by Gasteiger charge is -2.14. The molecule has 4 heteroatoms. The molecule has 0 bridgehead atoms. The summed E-state index contributed by atoms with van der Waals surface area (Å²) in [6.07, 6.45) is 0. The molecule has 1 N–H and O–H groups in total. The average molecular weight is 305 g/mol. The van der Waals surface area contributed by atoms with Crippen LogP contribution in [-0.2, 0) is 6.54 Å². The summed E-state index contributed by atoms with van der Waals surface area (Å²) >= 11 is 1.40. The summed E-state index contributed by atoms with van der Waals surface area (Å²) in [5, 5.41) is 3.33. The second-order valence-corrected chi connectivity index (χ2v) is 6.07. The van der Waals surface area contributed by atoms with E-state index in [0.717, 1.165) is 16.2 Å². The zero-order valence-corrected chi connectivity index (χ0v) is 13.3. The van der Waals surface area contributed by atoms with Crippen molar-refractivity contribution < 1.29 is 9.13 Å². The van der Waals surface area contributed by atoms with Crippen molar-refractivity contribution in [2.45, 2.75) is 36.2 Å². The van der Waals surface area contributed by atoms with Crippen LogP contribution < -0.4 is 10.1 Å². The van der Waals surface area contributed by atoms with Gasteiger partial charge in [0, 0.05) is 12.6 Å². The van der Waals surface area contributed by atoms with Gasteiger partial charge in [0.15, 0.2) is 0 Å². The van der Waals surface area contributed by atoms with Gasteiger partial charge in [-0.2, -0.15) is 0 Å². The van der Waals surface area contributed by atoms with Crippen molar-refractivity contribution in [3.63, 3.8) is 0 Å². The molecule has 0 saturated carbocycles. The SMILES string of the molecule is COc1ccccc1Sc1c(F)cccc1CNC(C)C. The first-order valence-corrected chi connectivity index (χ1v) is 7.75. The third-order valence-electron chi connectivity index (χ3n) is 3.03. The molecule has 0 radical (unpaired) electrons. The summed E-state index contributed by atoms with van der Waals surface area (Å²) in [7, 11) is 1.63. The molecule has 112 valence electrons. The fraction of sp³-hybridized carbons (Fsp3) is 0.294. The highest BCUT2D eigenvalue weighted by atomic mass is 32.2. The van der Waals surface area contributed by atoms with Gasteiger partial charge < -0.3 is 10.1 Å². The van der Waals surface area contributed by atoms with Crippen LogP contribution >= 0.6 is 11.8 Å². The lowest BCUT2D eigenvalue weighted by molar-refractivity contribution is 0.405. The molecule has 0 aliphatic heterocycles. The number of nitrogens with one attached hydrogen (secondary N) is 1. The van der Waals surface area contributed by atoms with Crippen LogP contribution in [0.3, 0.4) is 0 Å². The molecule has 2 nitrogen and oxygen atoms in total. The van der Waals surface area contributed by atoms with Crippen LogP contribution in [0.5, 0.6) is 5.75 Å². The Kier molecular flexibility index (Phi) is 5.65. The summed E-state index contributed by atoms with van der Waals surface area (Å²) in [6, 6.07) is 13.2. The van der Waals surface area contributed by atoms with Crippen molar-refractivity contribution in [2.24, 2.45) is 0 Å². The Bertz CT molecular complexity index is 601. The Morgan fingerprint density at radius 1 is 1.14 bits per heavy atom. The predicted molar refractivity (Wildman–Crippen MR) is 85.5 cm³/mol. The molecule has 0 unspecified atom stereocenters. The van der Waals surface area contributed by atoms with E-state index in [1.165, 1.54) is 17.8 Å². The minimum atomic E-state index is -0.200. The minimum Gasteiger partial charge on any atom is -0.496 e. The molecule has 21 heavy (non-hydrogen) atoms. The highest BCUT2D eigenvalue weighted by Crippen LogP contribution is 2.37. The average Bonchev–Trinajstić information content (AvgIpc) is 2.48. The Hall–Kier alpha value is -1.52. The van der Waals surface area contributed by atoms with E-state index in [9.17, 15) is 4.39 Å². The van der Waals surface area contributed by atoms with Gasteiger partial charge in [-0.15, -0.1) is 0 Å². The number of halogens is 1. The summed E-state index contributed by atoms with van der Waals surface area (Å²) in [5.74, 6) is 0.558. The van der Waals surface area contributed by atoms with Crippen molar-refractivity contribution in [1.29, 1.82) is 0 Å². The van der Waals surface area contributed by atoms with Gasteiger partial charge in [0.25, 0.3) is 0 Å². The molecule has 0 heterocycles. The number of hydrogen-bond donors (Lipinski definition) is 1. The highest BCUT2D eigenvalue weighted by Gasteiger charge is 2.13. The maximum Gasteiger partial charge on any atom is 0.137 e. The molecule has 0 aliphatic carbocycles. The molecular weight excluding hydrogens is 285 g/mol. The molecule has 2 rings (SSSR count). The molecular formula is C17H20FNOS. The fourth-order valence-electron chi connectivity index (χ4n) is 1.93. The molecule has 0 aliphatic rings. The molecule has 2 aromatic rings. The first kappa shape index (κ1) is 15.9. The maximum absolute atomic E-state index is 14.2. The van der Waals surface area contributed by atoms with Gasteiger partial charge in [-0.1, -0.05) is 49.9 Å². The van der Waals surface area contributed by atoms with E-state index >= 15 is 0 Å². The van der Waals surface area contributed by atoms with Crippen molar-refractivity contribution in [3.8, 4) is 5.75 Å². The van der Waals surface area contributed by atoms with E-state index in [-0.39, 0.29) is 5.82 Å². The lowest BCUT2D eigenvalue weighted by Crippen LogP contribution is -2.22. The second kappa shape index (κ2) is 7.48. The van der Waals surface area contributed by atoms with Crippen LogP contribution in [0, 0.1) is 5.82 Å².